The molecule has 0 amide bonds. The molecule has 0 saturated carbocycles. The molecule has 2 heterocycles. The first-order chi connectivity index (χ1) is 13.2. The number of likely N-dealkylation sites (tertiary alicyclic amines) is 1. The Morgan fingerprint density at radius 3 is 2.81 bits per heavy atom. The maximum Gasteiger partial charge on any atom is 0.191 e. The number of aromatic nitrogens is 3. The molecule has 7 heteroatoms. The Labute approximate surface area is 165 Å². The molecule has 1 aromatic heterocycles. The van der Waals surface area contributed by atoms with Gasteiger partial charge in [-0.2, -0.15) is 0 Å². The Morgan fingerprint density at radius 2 is 2.04 bits per heavy atom. The summed E-state index contributed by atoms with van der Waals surface area (Å²) in [5.74, 6) is 1.96. The highest BCUT2D eigenvalue weighted by Gasteiger charge is 2.16. The van der Waals surface area contributed by atoms with Crippen molar-refractivity contribution in [1.29, 1.82) is 0 Å². The minimum absolute atomic E-state index is 0.736. The molecular weight excluding hydrogens is 338 g/mol. The molecule has 0 aliphatic carbocycles. The Balaban J connectivity index is 1.74. The zero-order valence-electron chi connectivity index (χ0n) is 17.6. The molecule has 1 fully saturated rings. The number of hydrogen-bond donors (Lipinski definition) is 2. The van der Waals surface area contributed by atoms with Gasteiger partial charge in [0.1, 0.15) is 12.2 Å². The molecule has 2 rings (SSSR count). The number of aliphatic imine (C=N–C) groups is 1. The third kappa shape index (κ3) is 7.87. The zero-order chi connectivity index (χ0) is 19.3. The van der Waals surface area contributed by atoms with Crippen molar-refractivity contribution in [3.63, 3.8) is 0 Å². The molecule has 0 radical (unpaired) electrons. The first-order valence-corrected chi connectivity index (χ1v) is 10.9. The fourth-order valence-corrected chi connectivity index (χ4v) is 3.55. The van der Waals surface area contributed by atoms with Gasteiger partial charge in [0.25, 0.3) is 0 Å². The van der Waals surface area contributed by atoms with Crippen molar-refractivity contribution in [3.05, 3.63) is 12.2 Å². The third-order valence-corrected chi connectivity index (χ3v) is 5.29. The van der Waals surface area contributed by atoms with Gasteiger partial charge in [0.2, 0.25) is 0 Å². The molecule has 27 heavy (non-hydrogen) atoms. The SMILES string of the molecule is CCCCNC(=NCCCN1CCCCC1C)NCCn1cnnc1CC. The van der Waals surface area contributed by atoms with Gasteiger partial charge in [0, 0.05) is 45.2 Å². The van der Waals surface area contributed by atoms with Crippen molar-refractivity contribution in [1.82, 2.24) is 30.3 Å². The van der Waals surface area contributed by atoms with Crippen LogP contribution < -0.4 is 10.6 Å². The molecule has 2 N–H and O–H groups in total. The van der Waals surface area contributed by atoms with Gasteiger partial charge in [0.15, 0.2) is 5.96 Å². The molecule has 1 unspecified atom stereocenters. The molecule has 1 aromatic rings. The number of rotatable bonds is 11. The number of unbranched alkanes of at least 4 members (excludes halogenated alkanes) is 1. The van der Waals surface area contributed by atoms with E-state index in [0.717, 1.165) is 69.8 Å². The van der Waals surface area contributed by atoms with Crippen LogP contribution in [0.4, 0.5) is 0 Å². The normalized spacial score (nSPS) is 18.6. The van der Waals surface area contributed by atoms with E-state index in [4.69, 9.17) is 4.99 Å². The number of piperidine rings is 1. The van der Waals surface area contributed by atoms with Gasteiger partial charge in [-0.05, 0) is 39.2 Å². The second kappa shape index (κ2) is 12.7. The van der Waals surface area contributed by atoms with Gasteiger partial charge in [-0.25, -0.2) is 0 Å². The lowest BCUT2D eigenvalue weighted by Gasteiger charge is -2.33. The summed E-state index contributed by atoms with van der Waals surface area (Å²) in [5, 5.41) is 15.1. The summed E-state index contributed by atoms with van der Waals surface area (Å²) in [5.41, 5.74) is 0. The van der Waals surface area contributed by atoms with Crippen molar-refractivity contribution in [2.75, 3.05) is 32.7 Å². The van der Waals surface area contributed by atoms with Gasteiger partial charge in [-0.3, -0.25) is 4.99 Å². The minimum Gasteiger partial charge on any atom is -0.356 e. The highest BCUT2D eigenvalue weighted by molar-refractivity contribution is 5.79. The van der Waals surface area contributed by atoms with E-state index in [1.807, 2.05) is 6.33 Å². The van der Waals surface area contributed by atoms with Crippen LogP contribution in [0, 0.1) is 0 Å². The predicted octanol–water partition coefficient (Wildman–Crippen LogP) is 2.44. The lowest BCUT2D eigenvalue weighted by molar-refractivity contribution is 0.160. The van der Waals surface area contributed by atoms with E-state index >= 15 is 0 Å². The van der Waals surface area contributed by atoms with E-state index in [2.05, 4.69) is 51.1 Å². The van der Waals surface area contributed by atoms with Crippen molar-refractivity contribution in [3.8, 4) is 0 Å². The number of nitrogens with zero attached hydrogens (tertiary/aromatic N) is 5. The topological polar surface area (TPSA) is 70.4 Å². The van der Waals surface area contributed by atoms with Crippen molar-refractivity contribution < 1.29 is 0 Å². The standard InChI is InChI=1S/C20H39N7/c1-4-6-11-21-20(23-13-16-27-17-24-25-19(27)5-2)22-12-9-15-26-14-8-7-10-18(26)3/h17-18H,4-16H2,1-3H3,(H2,21,22,23). The molecule has 154 valence electrons. The van der Waals surface area contributed by atoms with Crippen LogP contribution >= 0.6 is 0 Å². The lowest BCUT2D eigenvalue weighted by Crippen LogP contribution is -2.40. The summed E-state index contributed by atoms with van der Waals surface area (Å²) in [7, 11) is 0. The molecular formula is C20H39N7. The summed E-state index contributed by atoms with van der Waals surface area (Å²) in [6, 6.07) is 0.736. The first-order valence-electron chi connectivity index (χ1n) is 10.9. The van der Waals surface area contributed by atoms with Crippen LogP contribution in [-0.4, -0.2) is 64.4 Å². The second-order valence-electron chi connectivity index (χ2n) is 7.47. The van der Waals surface area contributed by atoms with E-state index in [0.29, 0.717) is 0 Å². The van der Waals surface area contributed by atoms with E-state index in [9.17, 15) is 0 Å². The summed E-state index contributed by atoms with van der Waals surface area (Å²) in [6.07, 6.45) is 10.3. The van der Waals surface area contributed by atoms with Crippen LogP contribution in [0.2, 0.25) is 0 Å². The fourth-order valence-electron chi connectivity index (χ4n) is 3.55. The minimum atomic E-state index is 0.736. The highest BCUT2D eigenvalue weighted by Crippen LogP contribution is 2.16. The number of hydrogen-bond acceptors (Lipinski definition) is 4. The average molecular weight is 378 g/mol. The smallest absolute Gasteiger partial charge is 0.191 e. The van der Waals surface area contributed by atoms with Crippen molar-refractivity contribution in [2.24, 2.45) is 4.99 Å². The molecule has 1 aliphatic rings. The first kappa shape index (κ1) is 21.7. The summed E-state index contributed by atoms with van der Waals surface area (Å²) in [6.45, 7) is 12.6. The van der Waals surface area contributed by atoms with Gasteiger partial charge in [-0.15, -0.1) is 10.2 Å². The van der Waals surface area contributed by atoms with Crippen molar-refractivity contribution >= 4 is 5.96 Å². The molecule has 0 spiro atoms. The summed E-state index contributed by atoms with van der Waals surface area (Å²) < 4.78 is 2.11. The number of nitrogens with one attached hydrogen (secondary N) is 2. The summed E-state index contributed by atoms with van der Waals surface area (Å²) >= 11 is 0. The van der Waals surface area contributed by atoms with Crippen LogP contribution in [0.1, 0.15) is 65.1 Å². The Kier molecular flexibility index (Phi) is 10.2. The Morgan fingerprint density at radius 1 is 1.19 bits per heavy atom. The van der Waals surface area contributed by atoms with E-state index < -0.39 is 0 Å². The number of guanidine groups is 1. The van der Waals surface area contributed by atoms with Gasteiger partial charge >= 0.3 is 0 Å². The molecule has 1 saturated heterocycles. The van der Waals surface area contributed by atoms with Gasteiger partial charge < -0.3 is 20.1 Å². The third-order valence-electron chi connectivity index (χ3n) is 5.29. The maximum absolute atomic E-state index is 4.79. The lowest BCUT2D eigenvalue weighted by atomic mass is 10.0. The van der Waals surface area contributed by atoms with E-state index in [1.165, 1.54) is 32.2 Å². The molecule has 1 aliphatic heterocycles. The quantitative estimate of drug-likeness (QED) is 0.352. The molecule has 1 atom stereocenters. The zero-order valence-corrected chi connectivity index (χ0v) is 17.6. The molecule has 0 aromatic carbocycles. The van der Waals surface area contributed by atoms with E-state index in [-0.39, 0.29) is 0 Å². The average Bonchev–Trinajstić information content (AvgIpc) is 3.13. The van der Waals surface area contributed by atoms with Gasteiger partial charge in [0.05, 0.1) is 0 Å². The van der Waals surface area contributed by atoms with Crippen molar-refractivity contribution in [2.45, 2.75) is 78.3 Å². The number of aryl methyl sites for hydroxylation is 1. The summed E-state index contributed by atoms with van der Waals surface area (Å²) in [4.78, 5) is 7.41. The second-order valence-corrected chi connectivity index (χ2v) is 7.47. The highest BCUT2D eigenvalue weighted by atomic mass is 15.3. The van der Waals surface area contributed by atoms with Gasteiger partial charge in [-0.1, -0.05) is 26.7 Å². The maximum atomic E-state index is 4.79. The fraction of sp³-hybridized carbons (Fsp3) is 0.850. The molecule has 0 bridgehead atoms. The monoisotopic (exact) mass is 377 g/mol. The largest absolute Gasteiger partial charge is 0.356 e. The van der Waals surface area contributed by atoms with E-state index in [1.54, 1.807) is 0 Å². The predicted molar refractivity (Wildman–Crippen MR) is 112 cm³/mol. The Bertz CT molecular complexity index is 540. The van der Waals surface area contributed by atoms with Crippen LogP contribution in [0.25, 0.3) is 0 Å². The van der Waals surface area contributed by atoms with Crippen LogP contribution in [0.3, 0.4) is 0 Å². The van der Waals surface area contributed by atoms with Crippen LogP contribution in [-0.2, 0) is 13.0 Å². The molecule has 7 nitrogen and oxygen atoms in total. The Hall–Kier alpha value is -1.63. The van der Waals surface area contributed by atoms with Crippen LogP contribution in [0.5, 0.6) is 0 Å². The van der Waals surface area contributed by atoms with Crippen LogP contribution in [0.15, 0.2) is 11.3 Å².